The molecule has 0 aliphatic carbocycles. The maximum atomic E-state index is 12.2. The average molecular weight is 252 g/mol. The van der Waals surface area contributed by atoms with Crippen LogP contribution in [0.3, 0.4) is 0 Å². The third-order valence-corrected chi connectivity index (χ3v) is 3.41. The van der Waals surface area contributed by atoms with E-state index in [4.69, 9.17) is 0 Å². The van der Waals surface area contributed by atoms with Crippen molar-refractivity contribution in [3.8, 4) is 0 Å². The molecule has 1 aliphatic heterocycles. The molecule has 1 saturated heterocycles. The Morgan fingerprint density at radius 2 is 2.39 bits per heavy atom. The van der Waals surface area contributed by atoms with E-state index < -0.39 is 11.5 Å². The van der Waals surface area contributed by atoms with Crippen LogP contribution in [0.2, 0.25) is 0 Å². The lowest BCUT2D eigenvalue weighted by molar-refractivity contribution is -0.148. The lowest BCUT2D eigenvalue weighted by Crippen LogP contribution is -2.53. The largest absolute Gasteiger partial charge is 0.479 e. The molecule has 0 aromatic carbocycles. The van der Waals surface area contributed by atoms with Crippen LogP contribution in [0, 0.1) is 0 Å². The Labute approximate surface area is 104 Å². The van der Waals surface area contributed by atoms with Gasteiger partial charge in [0.2, 0.25) is 5.82 Å². The molecule has 18 heavy (non-hydrogen) atoms. The monoisotopic (exact) mass is 252 g/mol. The number of hydrogen-bond donors (Lipinski definition) is 2. The zero-order chi connectivity index (χ0) is 13.2. The number of aromatic amines is 1. The number of nitrogens with zero attached hydrogens (tertiary/aromatic N) is 3. The minimum Gasteiger partial charge on any atom is -0.479 e. The number of aliphatic carboxylic acids is 1. The van der Waals surface area contributed by atoms with Gasteiger partial charge in [-0.2, -0.15) is 5.10 Å². The van der Waals surface area contributed by atoms with E-state index in [1.165, 1.54) is 11.2 Å². The van der Waals surface area contributed by atoms with E-state index in [9.17, 15) is 14.7 Å². The van der Waals surface area contributed by atoms with Gasteiger partial charge < -0.3 is 10.0 Å². The zero-order valence-corrected chi connectivity index (χ0v) is 10.2. The molecule has 0 spiro atoms. The number of rotatable bonds is 4. The standard InChI is InChI=1S/C11H16N4O3/c1-2-4-11(10(17)18)5-3-6-15(11)9(16)8-12-7-13-14-8/h7H,2-6H2,1H3,(H,17,18)(H,12,13,14). The highest BCUT2D eigenvalue weighted by molar-refractivity contribution is 5.95. The molecule has 7 heteroatoms. The molecular formula is C11H16N4O3. The van der Waals surface area contributed by atoms with Crippen LogP contribution in [0.15, 0.2) is 6.33 Å². The molecule has 1 atom stereocenters. The van der Waals surface area contributed by atoms with Crippen LogP contribution in [-0.2, 0) is 4.79 Å². The van der Waals surface area contributed by atoms with Crippen LogP contribution in [0.5, 0.6) is 0 Å². The van der Waals surface area contributed by atoms with Crippen LogP contribution in [0.1, 0.15) is 43.2 Å². The molecule has 1 fully saturated rings. The Morgan fingerprint density at radius 3 is 2.94 bits per heavy atom. The van der Waals surface area contributed by atoms with Gasteiger partial charge in [-0.25, -0.2) is 9.78 Å². The number of carbonyl (C=O) groups is 2. The Kier molecular flexibility index (Phi) is 3.31. The lowest BCUT2D eigenvalue weighted by Gasteiger charge is -2.33. The van der Waals surface area contributed by atoms with Crippen molar-refractivity contribution in [3.05, 3.63) is 12.2 Å². The van der Waals surface area contributed by atoms with Gasteiger partial charge in [-0.05, 0) is 19.3 Å². The van der Waals surface area contributed by atoms with Crippen molar-refractivity contribution < 1.29 is 14.7 Å². The second-order valence-electron chi connectivity index (χ2n) is 4.48. The summed E-state index contributed by atoms with van der Waals surface area (Å²) in [5.41, 5.74) is -1.08. The van der Waals surface area contributed by atoms with Crippen molar-refractivity contribution in [1.82, 2.24) is 20.1 Å². The van der Waals surface area contributed by atoms with Gasteiger partial charge in [0.1, 0.15) is 11.9 Å². The van der Waals surface area contributed by atoms with E-state index in [-0.39, 0.29) is 11.7 Å². The molecular weight excluding hydrogens is 236 g/mol. The van der Waals surface area contributed by atoms with Gasteiger partial charge in [-0.3, -0.25) is 9.89 Å². The number of amides is 1. The maximum Gasteiger partial charge on any atom is 0.329 e. The summed E-state index contributed by atoms with van der Waals surface area (Å²) >= 11 is 0. The van der Waals surface area contributed by atoms with Gasteiger partial charge in [0.25, 0.3) is 5.91 Å². The molecule has 7 nitrogen and oxygen atoms in total. The van der Waals surface area contributed by atoms with Crippen LogP contribution in [-0.4, -0.2) is 49.1 Å². The quantitative estimate of drug-likeness (QED) is 0.820. The van der Waals surface area contributed by atoms with Gasteiger partial charge in [-0.1, -0.05) is 13.3 Å². The number of carbonyl (C=O) groups excluding carboxylic acids is 1. The summed E-state index contributed by atoms with van der Waals surface area (Å²) in [5, 5.41) is 15.6. The van der Waals surface area contributed by atoms with Crippen LogP contribution in [0.4, 0.5) is 0 Å². The number of nitrogens with one attached hydrogen (secondary N) is 1. The van der Waals surface area contributed by atoms with Gasteiger partial charge in [0, 0.05) is 6.54 Å². The minimum atomic E-state index is -1.08. The van der Waals surface area contributed by atoms with Crippen molar-refractivity contribution in [2.24, 2.45) is 0 Å². The fourth-order valence-corrected chi connectivity index (χ4v) is 2.61. The molecule has 1 aromatic heterocycles. The Hall–Kier alpha value is -1.92. The fraction of sp³-hybridized carbons (Fsp3) is 0.636. The Morgan fingerprint density at radius 1 is 1.61 bits per heavy atom. The van der Waals surface area contributed by atoms with Crippen molar-refractivity contribution in [2.75, 3.05) is 6.54 Å². The molecule has 1 aliphatic rings. The highest BCUT2D eigenvalue weighted by Crippen LogP contribution is 2.34. The minimum absolute atomic E-state index is 0.0960. The molecule has 1 amide bonds. The maximum absolute atomic E-state index is 12.2. The molecule has 0 radical (unpaired) electrons. The molecule has 0 saturated carbocycles. The summed E-state index contributed by atoms with van der Waals surface area (Å²) in [6.45, 7) is 2.37. The number of hydrogen-bond acceptors (Lipinski definition) is 4. The second-order valence-corrected chi connectivity index (χ2v) is 4.48. The van der Waals surface area contributed by atoms with E-state index in [1.54, 1.807) is 0 Å². The number of H-pyrrole nitrogens is 1. The summed E-state index contributed by atoms with van der Waals surface area (Å²) in [6.07, 6.45) is 3.61. The summed E-state index contributed by atoms with van der Waals surface area (Å²) in [7, 11) is 0. The van der Waals surface area contributed by atoms with Crippen molar-refractivity contribution in [1.29, 1.82) is 0 Å². The van der Waals surface area contributed by atoms with Gasteiger partial charge in [-0.15, -0.1) is 0 Å². The normalized spacial score (nSPS) is 23.3. The van der Waals surface area contributed by atoms with E-state index in [0.29, 0.717) is 32.2 Å². The van der Waals surface area contributed by atoms with E-state index >= 15 is 0 Å². The van der Waals surface area contributed by atoms with Gasteiger partial charge >= 0.3 is 5.97 Å². The Bertz CT molecular complexity index is 445. The summed E-state index contributed by atoms with van der Waals surface area (Å²) in [4.78, 5) is 29.0. The number of carboxylic acids is 1. The molecule has 98 valence electrons. The third-order valence-electron chi connectivity index (χ3n) is 3.41. The van der Waals surface area contributed by atoms with Gasteiger partial charge in [0.15, 0.2) is 0 Å². The zero-order valence-electron chi connectivity index (χ0n) is 10.2. The SMILES string of the molecule is CCCC1(C(=O)O)CCCN1C(=O)c1ncn[nH]1. The first kappa shape index (κ1) is 12.5. The first-order valence-corrected chi connectivity index (χ1v) is 6.02. The van der Waals surface area contributed by atoms with Gasteiger partial charge in [0.05, 0.1) is 0 Å². The van der Waals surface area contributed by atoms with E-state index in [0.717, 1.165) is 0 Å². The number of likely N-dealkylation sites (tertiary alicyclic amines) is 1. The molecule has 1 unspecified atom stereocenters. The molecule has 1 aromatic rings. The third kappa shape index (κ3) is 1.85. The first-order valence-electron chi connectivity index (χ1n) is 6.02. The number of aromatic nitrogens is 3. The second kappa shape index (κ2) is 4.75. The van der Waals surface area contributed by atoms with Crippen molar-refractivity contribution in [2.45, 2.75) is 38.1 Å². The Balaban J connectivity index is 2.30. The number of carboxylic acid groups (broad SMARTS) is 1. The highest BCUT2D eigenvalue weighted by Gasteiger charge is 2.49. The van der Waals surface area contributed by atoms with Crippen molar-refractivity contribution in [3.63, 3.8) is 0 Å². The fourth-order valence-electron chi connectivity index (χ4n) is 2.61. The lowest BCUT2D eigenvalue weighted by atomic mass is 9.90. The molecule has 2 N–H and O–H groups in total. The topological polar surface area (TPSA) is 99.2 Å². The van der Waals surface area contributed by atoms with E-state index in [2.05, 4.69) is 15.2 Å². The smallest absolute Gasteiger partial charge is 0.329 e. The molecule has 2 heterocycles. The predicted molar refractivity (Wildman–Crippen MR) is 61.9 cm³/mol. The predicted octanol–water partition coefficient (Wildman–Crippen LogP) is 0.664. The summed E-state index contributed by atoms with van der Waals surface area (Å²) in [5.74, 6) is -1.23. The first-order chi connectivity index (χ1) is 8.62. The summed E-state index contributed by atoms with van der Waals surface area (Å²) < 4.78 is 0. The van der Waals surface area contributed by atoms with Crippen LogP contribution < -0.4 is 0 Å². The molecule has 2 rings (SSSR count). The average Bonchev–Trinajstić information content (AvgIpc) is 2.98. The highest BCUT2D eigenvalue weighted by atomic mass is 16.4. The van der Waals surface area contributed by atoms with Crippen LogP contribution in [0.25, 0.3) is 0 Å². The van der Waals surface area contributed by atoms with Crippen LogP contribution >= 0.6 is 0 Å². The van der Waals surface area contributed by atoms with Crippen molar-refractivity contribution >= 4 is 11.9 Å². The van der Waals surface area contributed by atoms with E-state index in [1.807, 2.05) is 6.92 Å². The molecule has 0 bridgehead atoms. The summed E-state index contributed by atoms with van der Waals surface area (Å²) in [6, 6.07) is 0.